The maximum atomic E-state index is 12.0. The van der Waals surface area contributed by atoms with Crippen molar-refractivity contribution >= 4 is 23.1 Å². The minimum absolute atomic E-state index is 0.119. The highest BCUT2D eigenvalue weighted by atomic mass is 16.3. The first-order valence-electron chi connectivity index (χ1n) is 8.90. The van der Waals surface area contributed by atoms with Crippen molar-refractivity contribution in [3.63, 3.8) is 0 Å². The normalized spacial score (nSPS) is 18.7. The third-order valence-electron chi connectivity index (χ3n) is 5.18. The first-order chi connectivity index (χ1) is 12.6. The summed E-state index contributed by atoms with van der Waals surface area (Å²) in [4.78, 5) is 26.9. The first-order valence-corrected chi connectivity index (χ1v) is 8.90. The van der Waals surface area contributed by atoms with E-state index in [2.05, 4.69) is 21.8 Å². The molecule has 0 bridgehead atoms. The Kier molecular flexibility index (Phi) is 4.36. The second kappa shape index (κ2) is 6.82. The molecule has 2 aromatic rings. The fourth-order valence-corrected chi connectivity index (χ4v) is 3.43. The van der Waals surface area contributed by atoms with Crippen molar-refractivity contribution in [3.8, 4) is 0 Å². The van der Waals surface area contributed by atoms with E-state index in [4.69, 9.17) is 4.42 Å². The summed E-state index contributed by atoms with van der Waals surface area (Å²) in [6, 6.07) is 5.91. The number of rotatable bonds is 3. The maximum Gasteiger partial charge on any atom is 0.241 e. The molecular formula is C19H23N5O2. The van der Waals surface area contributed by atoms with E-state index in [0.29, 0.717) is 13.1 Å². The molecule has 7 nitrogen and oxygen atoms in total. The number of furan rings is 1. The minimum Gasteiger partial charge on any atom is -0.465 e. The third-order valence-corrected chi connectivity index (χ3v) is 5.18. The van der Waals surface area contributed by atoms with Gasteiger partial charge in [0, 0.05) is 44.9 Å². The van der Waals surface area contributed by atoms with Gasteiger partial charge in [-0.1, -0.05) is 5.57 Å². The largest absolute Gasteiger partial charge is 0.465 e. The van der Waals surface area contributed by atoms with Crippen molar-refractivity contribution in [2.75, 3.05) is 49.6 Å². The van der Waals surface area contributed by atoms with Crippen molar-refractivity contribution in [1.29, 1.82) is 0 Å². The molecule has 0 aromatic carbocycles. The van der Waals surface area contributed by atoms with Gasteiger partial charge in [-0.2, -0.15) is 0 Å². The molecule has 2 aromatic heterocycles. The lowest BCUT2D eigenvalue weighted by atomic mass is 9.99. The molecule has 26 heavy (non-hydrogen) atoms. The molecule has 136 valence electrons. The monoisotopic (exact) mass is 353 g/mol. The number of likely N-dealkylation sites (N-methyl/N-ethyl adjacent to an activating group) is 1. The van der Waals surface area contributed by atoms with Gasteiger partial charge in [-0.25, -0.2) is 9.97 Å². The number of nitrogens with zero attached hydrogens (tertiary/aromatic N) is 5. The zero-order chi connectivity index (χ0) is 18.1. The van der Waals surface area contributed by atoms with Gasteiger partial charge >= 0.3 is 0 Å². The summed E-state index contributed by atoms with van der Waals surface area (Å²) >= 11 is 0. The summed E-state index contributed by atoms with van der Waals surface area (Å²) in [5.74, 6) is 2.74. The Labute approximate surface area is 152 Å². The average Bonchev–Trinajstić information content (AvgIpc) is 3.19. The SMILES string of the molecule is CC1=C(c2ccco2)CN(c2cc(N3CCN(C)C(=O)C3)ncn2)CC1. The number of carbonyl (C=O) groups excluding carboxylic acids is 1. The van der Waals surface area contributed by atoms with E-state index in [1.165, 1.54) is 11.1 Å². The summed E-state index contributed by atoms with van der Waals surface area (Å²) in [6.45, 7) is 5.70. The molecular weight excluding hydrogens is 330 g/mol. The molecule has 7 heteroatoms. The quantitative estimate of drug-likeness (QED) is 0.841. The molecule has 1 saturated heterocycles. The zero-order valence-corrected chi connectivity index (χ0v) is 15.2. The molecule has 0 spiro atoms. The second-order valence-corrected chi connectivity index (χ2v) is 6.88. The Balaban J connectivity index is 1.55. The van der Waals surface area contributed by atoms with Crippen LogP contribution in [0.4, 0.5) is 11.6 Å². The molecule has 4 heterocycles. The van der Waals surface area contributed by atoms with Gasteiger partial charge < -0.3 is 19.1 Å². The molecule has 0 radical (unpaired) electrons. The highest BCUT2D eigenvalue weighted by Crippen LogP contribution is 2.30. The Morgan fingerprint density at radius 1 is 1.08 bits per heavy atom. The van der Waals surface area contributed by atoms with Gasteiger partial charge in [-0.15, -0.1) is 0 Å². The van der Waals surface area contributed by atoms with Crippen LogP contribution in [-0.4, -0.2) is 60.5 Å². The van der Waals surface area contributed by atoms with Gasteiger partial charge in [0.15, 0.2) is 0 Å². The van der Waals surface area contributed by atoms with Crippen LogP contribution in [0.5, 0.6) is 0 Å². The summed E-state index contributed by atoms with van der Waals surface area (Å²) in [5.41, 5.74) is 2.58. The van der Waals surface area contributed by atoms with E-state index in [-0.39, 0.29) is 5.91 Å². The number of anilines is 2. The molecule has 2 aliphatic rings. The summed E-state index contributed by atoms with van der Waals surface area (Å²) < 4.78 is 5.60. The molecule has 0 aliphatic carbocycles. The minimum atomic E-state index is 0.119. The highest BCUT2D eigenvalue weighted by Gasteiger charge is 2.24. The molecule has 2 aliphatic heterocycles. The van der Waals surface area contributed by atoms with Crippen molar-refractivity contribution in [1.82, 2.24) is 14.9 Å². The molecule has 1 fully saturated rings. The van der Waals surface area contributed by atoms with Crippen LogP contribution >= 0.6 is 0 Å². The molecule has 0 unspecified atom stereocenters. The van der Waals surface area contributed by atoms with Gasteiger partial charge in [0.2, 0.25) is 5.91 Å². The predicted molar refractivity (Wildman–Crippen MR) is 100 cm³/mol. The van der Waals surface area contributed by atoms with Crippen molar-refractivity contribution in [2.45, 2.75) is 13.3 Å². The predicted octanol–water partition coefficient (Wildman–Crippen LogP) is 2.03. The van der Waals surface area contributed by atoms with Crippen molar-refractivity contribution < 1.29 is 9.21 Å². The van der Waals surface area contributed by atoms with Crippen LogP contribution in [0.1, 0.15) is 19.1 Å². The Morgan fingerprint density at radius 2 is 1.85 bits per heavy atom. The van der Waals surface area contributed by atoms with E-state index in [1.807, 2.05) is 30.1 Å². The summed E-state index contributed by atoms with van der Waals surface area (Å²) in [5, 5.41) is 0. The van der Waals surface area contributed by atoms with E-state index < -0.39 is 0 Å². The Bertz CT molecular complexity index is 830. The lowest BCUT2D eigenvalue weighted by molar-refractivity contribution is -0.129. The van der Waals surface area contributed by atoms with Crippen molar-refractivity contribution in [2.24, 2.45) is 0 Å². The molecule has 4 rings (SSSR count). The number of aromatic nitrogens is 2. The van der Waals surface area contributed by atoms with Crippen LogP contribution in [-0.2, 0) is 4.79 Å². The molecule has 0 atom stereocenters. The van der Waals surface area contributed by atoms with Crippen molar-refractivity contribution in [3.05, 3.63) is 42.1 Å². The second-order valence-electron chi connectivity index (χ2n) is 6.88. The number of hydrogen-bond donors (Lipinski definition) is 0. The van der Waals surface area contributed by atoms with E-state index >= 15 is 0 Å². The Morgan fingerprint density at radius 3 is 2.54 bits per heavy atom. The summed E-state index contributed by atoms with van der Waals surface area (Å²) in [7, 11) is 1.84. The lowest BCUT2D eigenvalue weighted by Gasteiger charge is -2.34. The maximum absolute atomic E-state index is 12.0. The van der Waals surface area contributed by atoms with Gasteiger partial charge in [-0.05, 0) is 25.5 Å². The number of amides is 1. The smallest absolute Gasteiger partial charge is 0.241 e. The number of carbonyl (C=O) groups is 1. The van der Waals surface area contributed by atoms with E-state index in [9.17, 15) is 4.79 Å². The number of piperazine rings is 1. The molecule has 0 N–H and O–H groups in total. The standard InChI is InChI=1S/C19H23N5O2/c1-14-5-6-23(11-15(14)16-4-3-9-26-16)17-10-18(21-13-20-17)24-8-7-22(2)19(25)12-24/h3-4,9-10,13H,5-8,11-12H2,1-2H3. The third kappa shape index (κ3) is 3.16. The average molecular weight is 353 g/mol. The highest BCUT2D eigenvalue weighted by molar-refractivity contribution is 5.82. The van der Waals surface area contributed by atoms with Gasteiger partial charge in [0.05, 0.1) is 12.8 Å². The van der Waals surface area contributed by atoms with Gasteiger partial charge in [0.1, 0.15) is 23.7 Å². The Hall–Kier alpha value is -2.83. The van der Waals surface area contributed by atoms with E-state index in [1.54, 1.807) is 17.5 Å². The lowest BCUT2D eigenvalue weighted by Crippen LogP contribution is -2.48. The fourth-order valence-electron chi connectivity index (χ4n) is 3.43. The van der Waals surface area contributed by atoms with Gasteiger partial charge in [-0.3, -0.25) is 4.79 Å². The first kappa shape index (κ1) is 16.6. The fraction of sp³-hybridized carbons (Fsp3) is 0.421. The van der Waals surface area contributed by atoms with Crippen LogP contribution in [0.3, 0.4) is 0 Å². The van der Waals surface area contributed by atoms with Gasteiger partial charge in [0.25, 0.3) is 0 Å². The molecule has 1 amide bonds. The molecule has 0 saturated carbocycles. The van der Waals surface area contributed by atoms with E-state index in [0.717, 1.165) is 43.5 Å². The number of hydrogen-bond acceptors (Lipinski definition) is 6. The van der Waals surface area contributed by atoms with Crippen LogP contribution < -0.4 is 9.80 Å². The van der Waals surface area contributed by atoms with Crippen LogP contribution in [0, 0.1) is 0 Å². The summed E-state index contributed by atoms with van der Waals surface area (Å²) in [6.07, 6.45) is 4.27. The zero-order valence-electron chi connectivity index (χ0n) is 15.2. The van der Waals surface area contributed by atoms with Crippen LogP contribution in [0.2, 0.25) is 0 Å². The van der Waals surface area contributed by atoms with Crippen LogP contribution in [0.25, 0.3) is 5.57 Å². The van der Waals surface area contributed by atoms with Crippen LogP contribution in [0.15, 0.2) is 40.8 Å². The topological polar surface area (TPSA) is 65.7 Å².